The second-order valence-corrected chi connectivity index (χ2v) is 9.29. The van der Waals surface area contributed by atoms with Crippen molar-refractivity contribution in [3.05, 3.63) is 47.0 Å². The second-order valence-electron chi connectivity index (χ2n) is 8.35. The van der Waals surface area contributed by atoms with Crippen LogP contribution in [-0.2, 0) is 34.2 Å². The highest BCUT2D eigenvalue weighted by molar-refractivity contribution is 7.35. The van der Waals surface area contributed by atoms with Crippen molar-refractivity contribution in [2.24, 2.45) is 4.99 Å². The van der Waals surface area contributed by atoms with Crippen LogP contribution in [0.15, 0.2) is 33.8 Å². The third-order valence-electron chi connectivity index (χ3n) is 6.15. The van der Waals surface area contributed by atoms with Crippen molar-refractivity contribution < 1.29 is 22.9 Å². The number of nitrogens with zero attached hydrogens (tertiary/aromatic N) is 3. The van der Waals surface area contributed by atoms with Crippen molar-refractivity contribution in [3.8, 4) is 0 Å². The van der Waals surface area contributed by atoms with Crippen LogP contribution in [0.5, 0.6) is 0 Å². The Labute approximate surface area is 219 Å². The van der Waals surface area contributed by atoms with E-state index in [0.29, 0.717) is 31.6 Å². The van der Waals surface area contributed by atoms with E-state index in [9.17, 15) is 13.8 Å². The number of imide groups is 1. The van der Waals surface area contributed by atoms with Crippen LogP contribution in [0.4, 0.5) is 14.8 Å². The van der Waals surface area contributed by atoms with E-state index in [4.69, 9.17) is 14.1 Å². The number of aromatic nitrogens is 1. The molecule has 9 nitrogen and oxygen atoms in total. The second kappa shape index (κ2) is 13.6. The van der Waals surface area contributed by atoms with Crippen LogP contribution < -0.4 is 15.5 Å². The normalized spacial score (nSPS) is 21.4. The molecule has 2 atom stereocenters. The van der Waals surface area contributed by atoms with Gasteiger partial charge in [-0.3, -0.25) is 15.1 Å². The molecule has 11 heteroatoms. The fraction of sp³-hybridized carbons (Fsp3) is 0.538. The van der Waals surface area contributed by atoms with Crippen molar-refractivity contribution in [2.45, 2.75) is 65.2 Å². The first kappa shape index (κ1) is 28.7. The maximum absolute atomic E-state index is 13.8. The minimum atomic E-state index is -1.78. The molecule has 2 aromatic heterocycles. The summed E-state index contributed by atoms with van der Waals surface area (Å²) in [6.45, 7) is 11.7. The summed E-state index contributed by atoms with van der Waals surface area (Å²) in [5.74, 6) is 1.02. The number of urea groups is 1. The van der Waals surface area contributed by atoms with Gasteiger partial charge in [-0.05, 0) is 30.5 Å². The number of aliphatic imine (C=N–C) groups is 1. The minimum absolute atomic E-state index is 0.119. The lowest BCUT2D eigenvalue weighted by atomic mass is 10.1. The molecule has 5 heterocycles. The number of furan rings is 1. The first-order chi connectivity index (χ1) is 18.1. The molecule has 3 aliphatic heterocycles. The summed E-state index contributed by atoms with van der Waals surface area (Å²) in [4.78, 5) is 35.4. The Morgan fingerprint density at radius 2 is 1.95 bits per heavy atom. The molecule has 0 radical (unpaired) electrons. The van der Waals surface area contributed by atoms with Gasteiger partial charge in [0.25, 0.3) is 5.91 Å². The average Bonchev–Trinajstić information content (AvgIpc) is 3.25. The molecule has 0 aliphatic carbocycles. The van der Waals surface area contributed by atoms with Gasteiger partial charge in [0.2, 0.25) is 5.28 Å². The zero-order chi connectivity index (χ0) is 26.8. The number of nitrogens with one attached hydrogen (secondary N) is 2. The standard InChI is InChI=1S/C22H25FN5O4P.2C2H6/c23-33-22(20(29)26-21(30)27-22)18-11-15-13-24-16(3-4-17(15)32-18)10-14-2-5-19(25-12-14)28-6-1-8-31-9-7-28;2*1-2/h2,5,11-12,33H,1,3-4,6-10,13H2,(H2,26,27,29,30);2*1-2H3. The first-order valence-electron chi connectivity index (χ1n) is 13.0. The molecular weight excluding hydrogens is 496 g/mol. The highest BCUT2D eigenvalue weighted by atomic mass is 31.1. The van der Waals surface area contributed by atoms with E-state index in [1.165, 1.54) is 0 Å². The lowest BCUT2D eigenvalue weighted by Crippen LogP contribution is -2.38. The van der Waals surface area contributed by atoms with Crippen molar-refractivity contribution in [1.82, 2.24) is 15.6 Å². The Morgan fingerprint density at radius 1 is 1.14 bits per heavy atom. The molecule has 2 saturated heterocycles. The van der Waals surface area contributed by atoms with Crippen LogP contribution in [-0.4, -0.2) is 48.9 Å². The van der Waals surface area contributed by atoms with E-state index in [2.05, 4.69) is 26.6 Å². The van der Waals surface area contributed by atoms with Crippen LogP contribution in [0.25, 0.3) is 0 Å². The number of hydrogen-bond acceptors (Lipinski definition) is 7. The highest BCUT2D eigenvalue weighted by Crippen LogP contribution is 2.44. The zero-order valence-electron chi connectivity index (χ0n) is 22.0. The molecule has 3 aliphatic rings. The fourth-order valence-electron chi connectivity index (χ4n) is 4.34. The summed E-state index contributed by atoms with van der Waals surface area (Å²) in [6, 6.07) is 5.05. The van der Waals surface area contributed by atoms with Crippen LogP contribution in [0.2, 0.25) is 0 Å². The molecule has 3 amide bonds. The Hall–Kier alpha value is -2.84. The lowest BCUT2D eigenvalue weighted by molar-refractivity contribution is -0.121. The third kappa shape index (κ3) is 6.54. The Balaban J connectivity index is 0.000000907. The van der Waals surface area contributed by atoms with Crippen LogP contribution in [0.1, 0.15) is 63.2 Å². The van der Waals surface area contributed by atoms with Gasteiger partial charge in [-0.25, -0.2) is 14.0 Å². The summed E-state index contributed by atoms with van der Waals surface area (Å²) in [5, 5.41) is 2.68. The molecule has 2 unspecified atom stereocenters. The monoisotopic (exact) mass is 533 g/mol. The van der Waals surface area contributed by atoms with Gasteiger partial charge >= 0.3 is 6.03 Å². The quantitative estimate of drug-likeness (QED) is 0.428. The largest absolute Gasteiger partial charge is 0.462 e. The smallest absolute Gasteiger partial charge is 0.323 e. The van der Waals surface area contributed by atoms with Crippen molar-refractivity contribution in [2.75, 3.05) is 31.2 Å². The maximum atomic E-state index is 13.8. The predicted molar refractivity (Wildman–Crippen MR) is 144 cm³/mol. The Bertz CT molecular complexity index is 1080. The van der Waals surface area contributed by atoms with Crippen molar-refractivity contribution >= 4 is 32.4 Å². The molecule has 0 aromatic carbocycles. The van der Waals surface area contributed by atoms with Crippen molar-refractivity contribution in [1.29, 1.82) is 0 Å². The summed E-state index contributed by atoms with van der Waals surface area (Å²) in [5.41, 5.74) is 2.93. The van der Waals surface area contributed by atoms with E-state index in [-0.39, 0.29) is 5.76 Å². The number of aryl methyl sites for hydroxylation is 1. The van der Waals surface area contributed by atoms with Gasteiger partial charge in [0, 0.05) is 50.0 Å². The summed E-state index contributed by atoms with van der Waals surface area (Å²) < 4.78 is 25.2. The number of carbonyl (C=O) groups is 2. The summed E-state index contributed by atoms with van der Waals surface area (Å²) >= 11 is 0. The summed E-state index contributed by atoms with van der Waals surface area (Å²) in [6.07, 6.45) is 4.88. The molecule has 0 spiro atoms. The van der Waals surface area contributed by atoms with Gasteiger partial charge in [-0.1, -0.05) is 33.8 Å². The van der Waals surface area contributed by atoms with Crippen LogP contribution >= 0.6 is 8.89 Å². The number of carbonyl (C=O) groups excluding carboxylic acids is 2. The van der Waals surface area contributed by atoms with Gasteiger partial charge < -0.3 is 19.4 Å². The topological polar surface area (TPSA) is 109 Å². The molecule has 2 fully saturated rings. The maximum Gasteiger partial charge on any atom is 0.323 e. The van der Waals surface area contributed by atoms with Crippen molar-refractivity contribution in [3.63, 3.8) is 0 Å². The van der Waals surface area contributed by atoms with Gasteiger partial charge in [-0.15, -0.1) is 0 Å². The number of fused-ring (bicyclic) bond motifs is 1. The van der Waals surface area contributed by atoms with Gasteiger partial charge in [0.15, 0.2) is 0 Å². The number of amides is 3. The number of ether oxygens (including phenoxy) is 1. The van der Waals surface area contributed by atoms with Crippen LogP contribution in [0, 0.1) is 0 Å². The van der Waals surface area contributed by atoms with E-state index in [1.807, 2.05) is 40.0 Å². The highest BCUT2D eigenvalue weighted by Gasteiger charge is 2.51. The number of anilines is 1. The number of hydrogen-bond donors (Lipinski definition) is 2. The molecule has 2 aromatic rings. The third-order valence-corrected chi connectivity index (χ3v) is 7.04. The van der Waals surface area contributed by atoms with Gasteiger partial charge in [0.05, 0.1) is 13.2 Å². The molecule has 5 rings (SSSR count). The van der Waals surface area contributed by atoms with Gasteiger partial charge in [-0.2, -0.15) is 0 Å². The zero-order valence-corrected chi connectivity index (χ0v) is 23.0. The molecule has 37 heavy (non-hydrogen) atoms. The molecule has 2 N–H and O–H groups in total. The molecule has 0 saturated carbocycles. The fourth-order valence-corrected chi connectivity index (χ4v) is 4.86. The minimum Gasteiger partial charge on any atom is -0.462 e. The molecule has 0 bridgehead atoms. The first-order valence-corrected chi connectivity index (χ1v) is 13.9. The Morgan fingerprint density at radius 3 is 2.62 bits per heavy atom. The number of rotatable bonds is 5. The van der Waals surface area contributed by atoms with E-state index >= 15 is 0 Å². The number of pyridine rings is 1. The Kier molecular flexibility index (Phi) is 10.6. The number of halogens is 1. The van der Waals surface area contributed by atoms with E-state index in [1.54, 1.807) is 6.07 Å². The molecule has 202 valence electrons. The van der Waals surface area contributed by atoms with E-state index in [0.717, 1.165) is 55.4 Å². The molecular formula is C26H37FN5O4P. The SMILES string of the molecule is CC.CC.O=C1NC(=O)C(PF)(c2cc3c(o2)CCC(Cc2ccc(N4CCCOCC4)nc2)=NC3)N1. The summed E-state index contributed by atoms with van der Waals surface area (Å²) in [7, 11) is -1.36. The predicted octanol–water partition coefficient (Wildman–Crippen LogP) is 4.64. The van der Waals surface area contributed by atoms with E-state index < -0.39 is 26.1 Å². The van der Waals surface area contributed by atoms with Gasteiger partial charge in [0.1, 0.15) is 26.2 Å². The van der Waals surface area contributed by atoms with Crippen LogP contribution in [0.3, 0.4) is 0 Å². The lowest BCUT2D eigenvalue weighted by Gasteiger charge is -2.20. The average molecular weight is 534 g/mol.